The molecule has 3 aromatic rings. The average molecular weight is 424 g/mol. The molecular formula is C26H30ClNO2. The average Bonchev–Trinajstić information content (AvgIpc) is 2.77. The first-order valence-corrected chi connectivity index (χ1v) is 11.3. The number of hydrogen-bond acceptors (Lipinski definition) is 3. The number of halogens is 1. The first-order valence-electron chi connectivity index (χ1n) is 10.9. The lowest BCUT2D eigenvalue weighted by atomic mass is 9.90. The number of benzene rings is 3. The van der Waals surface area contributed by atoms with E-state index in [0.29, 0.717) is 16.5 Å². The van der Waals surface area contributed by atoms with Crippen LogP contribution in [0.25, 0.3) is 10.8 Å². The largest absolute Gasteiger partial charge is 0.508 e. The number of rotatable bonds is 7. The number of phenolic OH excluding ortho intramolecular Hbond substituents is 1. The molecule has 0 amide bonds. The SMILES string of the molecule is COc1ccc2cc(CCCN3CCC(Cc4ccccc4)CC3)c(O)cc2c1Cl. The summed E-state index contributed by atoms with van der Waals surface area (Å²) < 4.78 is 5.28. The van der Waals surface area contributed by atoms with Gasteiger partial charge in [0.2, 0.25) is 0 Å². The molecule has 1 aliphatic heterocycles. The summed E-state index contributed by atoms with van der Waals surface area (Å²) in [4.78, 5) is 2.57. The maximum Gasteiger partial charge on any atom is 0.138 e. The van der Waals surface area contributed by atoms with Crippen molar-refractivity contribution in [1.29, 1.82) is 0 Å². The lowest BCUT2D eigenvalue weighted by Gasteiger charge is -2.32. The molecule has 3 nitrogen and oxygen atoms in total. The topological polar surface area (TPSA) is 32.7 Å². The molecule has 30 heavy (non-hydrogen) atoms. The summed E-state index contributed by atoms with van der Waals surface area (Å²) in [5.41, 5.74) is 2.45. The maximum absolute atomic E-state index is 10.5. The first-order chi connectivity index (χ1) is 14.6. The zero-order chi connectivity index (χ0) is 20.9. The van der Waals surface area contributed by atoms with Gasteiger partial charge >= 0.3 is 0 Å². The Kier molecular flexibility index (Phi) is 6.81. The molecule has 1 fully saturated rings. The molecule has 158 valence electrons. The monoisotopic (exact) mass is 423 g/mol. The normalized spacial score (nSPS) is 15.5. The van der Waals surface area contributed by atoms with Crippen LogP contribution in [0.2, 0.25) is 5.02 Å². The lowest BCUT2D eigenvalue weighted by molar-refractivity contribution is 0.182. The molecule has 0 atom stereocenters. The highest BCUT2D eigenvalue weighted by atomic mass is 35.5. The van der Waals surface area contributed by atoms with Crippen molar-refractivity contribution in [2.45, 2.75) is 32.1 Å². The fourth-order valence-electron chi connectivity index (χ4n) is 4.56. The molecule has 4 rings (SSSR count). The fraction of sp³-hybridized carbons (Fsp3) is 0.385. The second-order valence-electron chi connectivity index (χ2n) is 8.36. The molecule has 0 spiro atoms. The lowest BCUT2D eigenvalue weighted by Crippen LogP contribution is -2.35. The standard InChI is InChI=1S/C26H30ClNO2/c1-30-25-10-9-21-17-22(24(29)18-23(21)26(25)27)8-5-13-28-14-11-20(12-15-28)16-19-6-3-2-4-7-19/h2-4,6-7,9-10,17-18,20,29H,5,8,11-16H2,1H3. The van der Waals surface area contributed by atoms with E-state index in [2.05, 4.69) is 41.3 Å². The second kappa shape index (κ2) is 9.72. The Labute approximate surface area is 184 Å². The van der Waals surface area contributed by atoms with Gasteiger partial charge in [0.15, 0.2) is 0 Å². The zero-order valence-corrected chi connectivity index (χ0v) is 18.4. The van der Waals surface area contributed by atoms with Crippen LogP contribution in [-0.4, -0.2) is 36.8 Å². The summed E-state index contributed by atoms with van der Waals surface area (Å²) in [5.74, 6) is 1.75. The van der Waals surface area contributed by atoms with Crippen LogP contribution in [0.5, 0.6) is 11.5 Å². The number of fused-ring (bicyclic) bond motifs is 1. The molecule has 0 aromatic heterocycles. The smallest absolute Gasteiger partial charge is 0.138 e. The van der Waals surface area contributed by atoms with E-state index in [1.165, 1.54) is 37.9 Å². The van der Waals surface area contributed by atoms with Gasteiger partial charge in [-0.05, 0) is 92.4 Å². The minimum Gasteiger partial charge on any atom is -0.508 e. The van der Waals surface area contributed by atoms with Gasteiger partial charge in [0.1, 0.15) is 11.5 Å². The van der Waals surface area contributed by atoms with Gasteiger partial charge in [-0.1, -0.05) is 48.0 Å². The maximum atomic E-state index is 10.5. The number of phenols is 1. The van der Waals surface area contributed by atoms with Gasteiger partial charge in [0.25, 0.3) is 0 Å². The third-order valence-corrected chi connectivity index (χ3v) is 6.72. The number of hydrogen-bond donors (Lipinski definition) is 1. The van der Waals surface area contributed by atoms with Gasteiger partial charge in [-0.25, -0.2) is 0 Å². The quantitative estimate of drug-likeness (QED) is 0.498. The van der Waals surface area contributed by atoms with E-state index in [4.69, 9.17) is 16.3 Å². The van der Waals surface area contributed by atoms with Crippen molar-refractivity contribution >= 4 is 22.4 Å². The Bertz CT molecular complexity index is 981. The summed E-state index contributed by atoms with van der Waals surface area (Å²) in [6.45, 7) is 3.44. The molecule has 0 saturated carbocycles. The van der Waals surface area contributed by atoms with Crippen molar-refractivity contribution in [3.63, 3.8) is 0 Å². The third kappa shape index (κ3) is 4.91. The predicted octanol–water partition coefficient (Wildman–Crippen LogP) is 6.09. The van der Waals surface area contributed by atoms with E-state index < -0.39 is 0 Å². The summed E-state index contributed by atoms with van der Waals surface area (Å²) >= 11 is 6.39. The van der Waals surface area contributed by atoms with Gasteiger partial charge < -0.3 is 14.7 Å². The van der Waals surface area contributed by atoms with Crippen LogP contribution in [0.1, 0.15) is 30.4 Å². The predicted molar refractivity (Wildman–Crippen MR) is 125 cm³/mol. The number of likely N-dealkylation sites (tertiary alicyclic amines) is 1. The van der Waals surface area contributed by atoms with E-state index in [-0.39, 0.29) is 0 Å². The van der Waals surface area contributed by atoms with Crippen LogP contribution in [-0.2, 0) is 12.8 Å². The van der Waals surface area contributed by atoms with Gasteiger partial charge in [-0.3, -0.25) is 0 Å². The summed E-state index contributed by atoms with van der Waals surface area (Å²) in [5, 5.41) is 12.9. The van der Waals surface area contributed by atoms with E-state index in [9.17, 15) is 5.11 Å². The van der Waals surface area contributed by atoms with Crippen LogP contribution >= 0.6 is 11.6 Å². The summed E-state index contributed by atoms with van der Waals surface area (Å²) in [7, 11) is 1.60. The van der Waals surface area contributed by atoms with Crippen LogP contribution in [0, 0.1) is 5.92 Å². The van der Waals surface area contributed by atoms with Gasteiger partial charge in [-0.2, -0.15) is 0 Å². The molecule has 1 heterocycles. The van der Waals surface area contributed by atoms with Crippen molar-refractivity contribution < 1.29 is 9.84 Å². The van der Waals surface area contributed by atoms with Crippen molar-refractivity contribution in [3.05, 3.63) is 70.7 Å². The number of aromatic hydroxyl groups is 1. The molecule has 1 aliphatic rings. The zero-order valence-electron chi connectivity index (χ0n) is 17.6. The highest BCUT2D eigenvalue weighted by Crippen LogP contribution is 2.36. The minimum absolute atomic E-state index is 0.319. The van der Waals surface area contributed by atoms with E-state index in [1.54, 1.807) is 13.2 Å². The number of methoxy groups -OCH3 is 1. The Hall–Kier alpha value is -2.23. The highest BCUT2D eigenvalue weighted by Gasteiger charge is 2.19. The number of aryl methyl sites for hydroxylation is 1. The molecule has 0 unspecified atom stereocenters. The van der Waals surface area contributed by atoms with Crippen molar-refractivity contribution in [2.75, 3.05) is 26.7 Å². The Morgan fingerprint density at radius 1 is 1.07 bits per heavy atom. The molecule has 4 heteroatoms. The Morgan fingerprint density at radius 3 is 2.57 bits per heavy atom. The third-order valence-electron chi connectivity index (χ3n) is 6.33. The highest BCUT2D eigenvalue weighted by molar-refractivity contribution is 6.37. The molecule has 1 N–H and O–H groups in total. The molecule has 0 bridgehead atoms. The van der Waals surface area contributed by atoms with Crippen molar-refractivity contribution in [2.24, 2.45) is 5.92 Å². The number of ether oxygens (including phenoxy) is 1. The Morgan fingerprint density at radius 2 is 1.83 bits per heavy atom. The first kappa shape index (κ1) is 21.0. The van der Waals surface area contributed by atoms with E-state index >= 15 is 0 Å². The summed E-state index contributed by atoms with van der Waals surface area (Å²) in [6.07, 6.45) is 5.67. The molecule has 1 saturated heterocycles. The summed E-state index contributed by atoms with van der Waals surface area (Å²) in [6, 6.07) is 18.6. The number of piperidine rings is 1. The molecule has 3 aromatic carbocycles. The van der Waals surface area contributed by atoms with Crippen LogP contribution < -0.4 is 4.74 Å². The Balaban J connectivity index is 1.28. The molecular weight excluding hydrogens is 394 g/mol. The van der Waals surface area contributed by atoms with Crippen molar-refractivity contribution in [3.8, 4) is 11.5 Å². The van der Waals surface area contributed by atoms with Crippen molar-refractivity contribution in [1.82, 2.24) is 4.90 Å². The van der Waals surface area contributed by atoms with Gasteiger partial charge in [-0.15, -0.1) is 0 Å². The van der Waals surface area contributed by atoms with Crippen LogP contribution in [0.15, 0.2) is 54.6 Å². The molecule has 0 radical (unpaired) electrons. The van der Waals surface area contributed by atoms with E-state index in [1.807, 2.05) is 12.1 Å². The van der Waals surface area contributed by atoms with E-state index in [0.717, 1.165) is 41.6 Å². The fourth-order valence-corrected chi connectivity index (χ4v) is 4.87. The number of nitrogens with zero attached hydrogens (tertiary/aromatic N) is 1. The van der Waals surface area contributed by atoms with Gasteiger partial charge in [0, 0.05) is 5.39 Å². The van der Waals surface area contributed by atoms with Crippen LogP contribution in [0.3, 0.4) is 0 Å². The minimum atomic E-state index is 0.319. The molecule has 0 aliphatic carbocycles. The van der Waals surface area contributed by atoms with Crippen LogP contribution in [0.4, 0.5) is 0 Å². The second-order valence-corrected chi connectivity index (χ2v) is 8.74. The van der Waals surface area contributed by atoms with Gasteiger partial charge in [0.05, 0.1) is 12.1 Å².